The van der Waals surface area contributed by atoms with Crippen molar-refractivity contribution in [3.05, 3.63) is 48.3 Å². The summed E-state index contributed by atoms with van der Waals surface area (Å²) >= 11 is 0. The molecule has 0 spiro atoms. The number of hydrogen-bond acceptors (Lipinski definition) is 11. The summed E-state index contributed by atoms with van der Waals surface area (Å²) in [4.78, 5) is 18.3. The van der Waals surface area contributed by atoms with Gasteiger partial charge in [0.05, 0.1) is 50.8 Å². The maximum atomic E-state index is 9.76. The van der Waals surface area contributed by atoms with Crippen LogP contribution >= 0.6 is 0 Å². The summed E-state index contributed by atoms with van der Waals surface area (Å²) in [5.41, 5.74) is 2.94. The van der Waals surface area contributed by atoms with Crippen LogP contribution in [0, 0.1) is 11.3 Å². The number of benzene rings is 1. The second kappa shape index (κ2) is 12.0. The fraction of sp³-hybridized carbons (Fsp3) is 0.448. The molecule has 0 amide bonds. The normalized spacial score (nSPS) is 18.6. The van der Waals surface area contributed by atoms with Crippen molar-refractivity contribution >= 4 is 17.3 Å². The monoisotopic (exact) mass is 543 g/mol. The molecule has 6 rings (SSSR count). The largest absolute Gasteiger partial charge is 0.489 e. The van der Waals surface area contributed by atoms with Crippen LogP contribution in [0.25, 0.3) is 11.3 Å². The van der Waals surface area contributed by atoms with Crippen LogP contribution in [0.2, 0.25) is 0 Å². The lowest BCUT2D eigenvalue weighted by Gasteiger charge is -2.43. The number of methoxy groups -OCH3 is 1. The molecule has 5 heterocycles. The predicted molar refractivity (Wildman–Crippen MR) is 149 cm³/mol. The fourth-order valence-electron chi connectivity index (χ4n) is 5.22. The third-order valence-electron chi connectivity index (χ3n) is 7.61. The van der Waals surface area contributed by atoms with Crippen molar-refractivity contribution in [3.63, 3.8) is 0 Å². The van der Waals surface area contributed by atoms with E-state index in [1.165, 1.54) is 6.33 Å². The van der Waals surface area contributed by atoms with Crippen LogP contribution < -0.4 is 19.7 Å². The molecule has 1 N–H and O–H groups in total. The molecule has 11 heteroatoms. The number of ether oxygens (including phenoxy) is 4. The van der Waals surface area contributed by atoms with E-state index in [0.29, 0.717) is 53.8 Å². The van der Waals surface area contributed by atoms with Gasteiger partial charge in [-0.2, -0.15) is 10.2 Å². The van der Waals surface area contributed by atoms with E-state index in [9.17, 15) is 5.26 Å². The Kier molecular flexibility index (Phi) is 7.90. The van der Waals surface area contributed by atoms with Gasteiger partial charge in [0.1, 0.15) is 41.6 Å². The second-order valence-electron chi connectivity index (χ2n) is 10.1. The summed E-state index contributed by atoms with van der Waals surface area (Å²) < 4.78 is 22.5. The molecule has 0 radical (unpaired) electrons. The highest BCUT2D eigenvalue weighted by Crippen LogP contribution is 2.31. The van der Waals surface area contributed by atoms with Crippen LogP contribution in [-0.4, -0.2) is 91.7 Å². The number of piperazine rings is 1. The van der Waals surface area contributed by atoms with Gasteiger partial charge in [0.2, 0.25) is 5.88 Å². The highest BCUT2D eigenvalue weighted by Gasteiger charge is 2.29. The zero-order valence-corrected chi connectivity index (χ0v) is 22.6. The molecule has 3 aliphatic heterocycles. The van der Waals surface area contributed by atoms with E-state index in [4.69, 9.17) is 23.9 Å². The minimum Gasteiger partial charge on any atom is -0.489 e. The van der Waals surface area contributed by atoms with E-state index in [0.717, 1.165) is 63.5 Å². The Bertz CT molecular complexity index is 1360. The van der Waals surface area contributed by atoms with E-state index in [1.807, 2.05) is 30.3 Å². The SMILES string of the molecule is COc1nc(Nc2cc(-c3ccc(OC4CCOCC4)c(C#N)c3)ncn2)ccc1N1CCN(C2COC2)CC1. The summed E-state index contributed by atoms with van der Waals surface area (Å²) in [7, 11) is 1.64. The van der Waals surface area contributed by atoms with Crippen molar-refractivity contribution in [2.24, 2.45) is 0 Å². The lowest BCUT2D eigenvalue weighted by Crippen LogP contribution is -2.56. The molecule has 11 nitrogen and oxygen atoms in total. The smallest absolute Gasteiger partial charge is 0.239 e. The molecule has 40 heavy (non-hydrogen) atoms. The first-order chi connectivity index (χ1) is 19.7. The number of nitriles is 1. The van der Waals surface area contributed by atoms with Crippen LogP contribution in [-0.2, 0) is 9.47 Å². The number of nitrogens with zero attached hydrogens (tertiary/aromatic N) is 6. The number of pyridine rings is 1. The molecule has 2 aromatic heterocycles. The van der Waals surface area contributed by atoms with Crippen molar-refractivity contribution in [1.82, 2.24) is 19.9 Å². The third kappa shape index (κ3) is 5.79. The Morgan fingerprint density at radius 3 is 2.52 bits per heavy atom. The zero-order chi connectivity index (χ0) is 27.3. The molecule has 0 aliphatic carbocycles. The van der Waals surface area contributed by atoms with Gasteiger partial charge in [0.25, 0.3) is 0 Å². The van der Waals surface area contributed by atoms with Gasteiger partial charge >= 0.3 is 0 Å². The maximum Gasteiger partial charge on any atom is 0.239 e. The lowest BCUT2D eigenvalue weighted by atomic mass is 10.1. The van der Waals surface area contributed by atoms with Gasteiger partial charge in [-0.05, 0) is 30.3 Å². The number of anilines is 3. The second-order valence-corrected chi connectivity index (χ2v) is 10.1. The van der Waals surface area contributed by atoms with Crippen molar-refractivity contribution in [2.45, 2.75) is 25.0 Å². The van der Waals surface area contributed by atoms with Crippen molar-refractivity contribution in [1.29, 1.82) is 5.26 Å². The molecular weight excluding hydrogens is 510 g/mol. The Morgan fingerprint density at radius 2 is 1.80 bits per heavy atom. The first-order valence-corrected chi connectivity index (χ1v) is 13.7. The van der Waals surface area contributed by atoms with Gasteiger partial charge in [0.15, 0.2) is 0 Å². The predicted octanol–water partition coefficient (Wildman–Crippen LogP) is 3.24. The molecule has 0 bridgehead atoms. The fourth-order valence-corrected chi connectivity index (χ4v) is 5.22. The Hall–Kier alpha value is -3.98. The molecule has 1 aromatic carbocycles. The van der Waals surface area contributed by atoms with Gasteiger partial charge in [-0.25, -0.2) is 9.97 Å². The Balaban J connectivity index is 1.14. The summed E-state index contributed by atoms with van der Waals surface area (Å²) in [5.74, 6) is 2.36. The number of rotatable bonds is 8. The summed E-state index contributed by atoms with van der Waals surface area (Å²) in [6.07, 6.45) is 3.19. The lowest BCUT2D eigenvalue weighted by molar-refractivity contribution is -0.0660. The van der Waals surface area contributed by atoms with Crippen LogP contribution in [0.3, 0.4) is 0 Å². The molecule has 0 saturated carbocycles. The van der Waals surface area contributed by atoms with E-state index in [1.54, 1.807) is 13.2 Å². The Labute approximate surface area is 233 Å². The van der Waals surface area contributed by atoms with Crippen molar-refractivity contribution < 1.29 is 18.9 Å². The minimum atomic E-state index is 0.0597. The molecule has 0 atom stereocenters. The zero-order valence-electron chi connectivity index (χ0n) is 22.6. The average Bonchev–Trinajstić information content (AvgIpc) is 2.97. The van der Waals surface area contributed by atoms with Gasteiger partial charge in [0, 0.05) is 50.7 Å². The van der Waals surface area contributed by atoms with Crippen LogP contribution in [0.5, 0.6) is 11.6 Å². The Morgan fingerprint density at radius 1 is 0.975 bits per heavy atom. The van der Waals surface area contributed by atoms with E-state index >= 15 is 0 Å². The maximum absolute atomic E-state index is 9.76. The average molecular weight is 544 g/mol. The summed E-state index contributed by atoms with van der Waals surface area (Å²) in [5, 5.41) is 13.0. The molecular formula is C29H33N7O4. The van der Waals surface area contributed by atoms with Crippen LogP contribution in [0.4, 0.5) is 17.3 Å². The van der Waals surface area contributed by atoms with Gasteiger partial charge < -0.3 is 29.2 Å². The van der Waals surface area contributed by atoms with Crippen molar-refractivity contribution in [2.75, 3.05) is 69.9 Å². The number of aromatic nitrogens is 3. The highest BCUT2D eigenvalue weighted by molar-refractivity contribution is 5.68. The molecule has 3 saturated heterocycles. The summed E-state index contributed by atoms with van der Waals surface area (Å²) in [6.45, 7) is 6.86. The molecule has 3 aliphatic rings. The quantitative estimate of drug-likeness (QED) is 0.451. The number of nitrogens with one attached hydrogen (secondary N) is 1. The molecule has 3 aromatic rings. The minimum absolute atomic E-state index is 0.0597. The number of hydrogen-bond donors (Lipinski definition) is 1. The van der Waals surface area contributed by atoms with Crippen LogP contribution in [0.1, 0.15) is 18.4 Å². The van der Waals surface area contributed by atoms with Crippen LogP contribution in [0.15, 0.2) is 42.7 Å². The first-order valence-electron chi connectivity index (χ1n) is 13.7. The van der Waals surface area contributed by atoms with Gasteiger partial charge in [-0.15, -0.1) is 0 Å². The van der Waals surface area contributed by atoms with Gasteiger partial charge in [-0.1, -0.05) is 0 Å². The summed E-state index contributed by atoms with van der Waals surface area (Å²) in [6, 6.07) is 14.2. The van der Waals surface area contributed by atoms with Crippen molar-refractivity contribution in [3.8, 4) is 29.0 Å². The topological polar surface area (TPSA) is 118 Å². The molecule has 208 valence electrons. The van der Waals surface area contributed by atoms with E-state index in [2.05, 4.69) is 31.2 Å². The van der Waals surface area contributed by atoms with E-state index in [-0.39, 0.29) is 6.10 Å². The van der Waals surface area contributed by atoms with E-state index < -0.39 is 0 Å². The standard InChI is InChI=1S/C29H33N7O4/c1-37-29-25(36-10-8-35(9-11-36)22-17-39-18-22)3-5-27(34-29)33-28-15-24(31-19-32-28)20-2-4-26(21(14-20)16-30)40-23-6-12-38-13-7-23/h2-5,14-15,19,22-23H,6-13,17-18H2,1H3,(H,31,32,33,34). The third-order valence-corrected chi connectivity index (χ3v) is 7.61. The molecule has 3 fully saturated rings. The highest BCUT2D eigenvalue weighted by atomic mass is 16.5. The molecule has 0 unspecified atom stereocenters. The first kappa shape index (κ1) is 26.3. The van der Waals surface area contributed by atoms with Gasteiger partial charge in [-0.3, -0.25) is 4.90 Å².